The zero-order chi connectivity index (χ0) is 18.1. The van der Waals surface area contributed by atoms with Gasteiger partial charge >= 0.3 is 11.6 Å². The van der Waals surface area contributed by atoms with E-state index < -0.39 is 11.6 Å². The van der Waals surface area contributed by atoms with E-state index in [1.165, 1.54) is 22.7 Å². The van der Waals surface area contributed by atoms with E-state index >= 15 is 0 Å². The number of ether oxygens (including phenoxy) is 1. The molecule has 2 heterocycles. The molecular weight excluding hydrogens is 354 g/mol. The Hall–Kier alpha value is -2.80. The molecule has 0 bridgehead atoms. The van der Waals surface area contributed by atoms with Crippen LogP contribution in [0.25, 0.3) is 21.7 Å². The zero-order valence-electron chi connectivity index (χ0n) is 13.8. The summed E-state index contributed by atoms with van der Waals surface area (Å²) in [4.78, 5) is 37.0. The highest BCUT2D eigenvalue weighted by Gasteiger charge is 2.23. The number of fused-ring (bicyclic) bond motifs is 3. The highest BCUT2D eigenvalue weighted by Crippen LogP contribution is 2.27. The minimum Gasteiger partial charge on any atom is -0.459 e. The third-order valence-corrected chi connectivity index (χ3v) is 5.19. The first kappa shape index (κ1) is 16.7. The fraction of sp³-hybridized carbons (Fsp3) is 0.211. The predicted octanol–water partition coefficient (Wildman–Crippen LogP) is 2.52. The summed E-state index contributed by atoms with van der Waals surface area (Å²) in [6, 6.07) is 12.7. The fourth-order valence-corrected chi connectivity index (χ4v) is 3.94. The molecule has 3 aromatic rings. The molecule has 0 atom stereocenters. The van der Waals surface area contributed by atoms with Gasteiger partial charge in [-0.3, -0.25) is 9.59 Å². The van der Waals surface area contributed by atoms with E-state index in [-0.39, 0.29) is 19.1 Å². The summed E-state index contributed by atoms with van der Waals surface area (Å²) in [6.45, 7) is -0.129. The monoisotopic (exact) mass is 369 g/mol. The summed E-state index contributed by atoms with van der Waals surface area (Å²) >= 11 is 1.47. The van der Waals surface area contributed by atoms with Crippen LogP contribution in [0.5, 0.6) is 0 Å². The first-order valence-corrected chi connectivity index (χ1v) is 9.23. The summed E-state index contributed by atoms with van der Waals surface area (Å²) in [5.74, 6) is 0.325. The van der Waals surface area contributed by atoms with Gasteiger partial charge < -0.3 is 14.1 Å². The van der Waals surface area contributed by atoms with E-state index in [4.69, 9.17) is 9.15 Å². The van der Waals surface area contributed by atoms with Crippen LogP contribution in [0.2, 0.25) is 0 Å². The second kappa shape index (κ2) is 6.84. The Morgan fingerprint density at radius 3 is 2.85 bits per heavy atom. The molecule has 0 spiro atoms. The fourth-order valence-electron chi connectivity index (χ4n) is 3.03. The first-order valence-electron chi connectivity index (χ1n) is 8.07. The molecule has 1 aliphatic heterocycles. The quantitative estimate of drug-likeness (QED) is 0.400. The van der Waals surface area contributed by atoms with Gasteiger partial charge in [-0.25, -0.2) is 4.79 Å². The van der Waals surface area contributed by atoms with Gasteiger partial charge in [0, 0.05) is 17.0 Å². The maximum atomic E-state index is 12.1. The van der Waals surface area contributed by atoms with Crippen molar-refractivity contribution < 1.29 is 18.7 Å². The van der Waals surface area contributed by atoms with Crippen LogP contribution in [0, 0.1) is 0 Å². The number of hydrogen-bond acceptors (Lipinski definition) is 6. The smallest absolute Gasteiger partial charge is 0.336 e. The van der Waals surface area contributed by atoms with Gasteiger partial charge in [0.05, 0.1) is 11.6 Å². The van der Waals surface area contributed by atoms with Gasteiger partial charge in [-0.15, -0.1) is 11.8 Å². The van der Waals surface area contributed by atoms with Gasteiger partial charge in [-0.05, 0) is 16.8 Å². The van der Waals surface area contributed by atoms with Gasteiger partial charge in [0.15, 0.2) is 0 Å². The zero-order valence-corrected chi connectivity index (χ0v) is 14.6. The molecule has 4 rings (SSSR count). The lowest BCUT2D eigenvalue weighted by Crippen LogP contribution is -2.32. The number of hydrogen-bond donors (Lipinski definition) is 0. The Morgan fingerprint density at radius 2 is 2.04 bits per heavy atom. The molecule has 0 unspecified atom stereocenters. The molecule has 132 valence electrons. The average molecular weight is 369 g/mol. The van der Waals surface area contributed by atoms with Crippen LogP contribution in [0.4, 0.5) is 0 Å². The van der Waals surface area contributed by atoms with E-state index in [0.29, 0.717) is 22.8 Å². The summed E-state index contributed by atoms with van der Waals surface area (Å²) in [5.41, 5.74) is 0.543. The largest absolute Gasteiger partial charge is 0.459 e. The van der Waals surface area contributed by atoms with Crippen molar-refractivity contribution in [2.75, 3.05) is 18.2 Å². The summed E-state index contributed by atoms with van der Waals surface area (Å²) < 4.78 is 10.6. The third-order valence-electron chi connectivity index (χ3n) is 4.25. The molecule has 6 nitrogen and oxygen atoms in total. The Labute approximate surface area is 152 Å². The normalized spacial score (nSPS) is 14.3. The van der Waals surface area contributed by atoms with E-state index in [2.05, 4.69) is 0 Å². The van der Waals surface area contributed by atoms with Crippen LogP contribution in [-0.4, -0.2) is 35.0 Å². The van der Waals surface area contributed by atoms with Gasteiger partial charge in [0.25, 0.3) is 0 Å². The Bertz CT molecular complexity index is 1070. The predicted molar refractivity (Wildman–Crippen MR) is 98.8 cm³/mol. The third kappa shape index (κ3) is 3.17. The lowest BCUT2D eigenvalue weighted by molar-refractivity contribution is -0.148. The number of carbonyl (C=O) groups excluding carboxylic acids is 2. The maximum Gasteiger partial charge on any atom is 0.336 e. The van der Waals surface area contributed by atoms with Gasteiger partial charge in [-0.1, -0.05) is 30.3 Å². The number of amides is 1. The minimum absolute atomic E-state index is 0.0515. The van der Waals surface area contributed by atoms with E-state index in [0.717, 1.165) is 16.2 Å². The molecule has 0 saturated carbocycles. The molecule has 0 aliphatic carbocycles. The van der Waals surface area contributed by atoms with Crippen LogP contribution in [0.1, 0.15) is 5.56 Å². The van der Waals surface area contributed by atoms with Crippen LogP contribution in [0.3, 0.4) is 0 Å². The van der Waals surface area contributed by atoms with Crippen molar-refractivity contribution in [1.29, 1.82) is 0 Å². The SMILES string of the molecule is O=C(CN1CSCC1=O)OCc1cc(=O)oc2ccc3ccccc3c12. The second-order valence-corrected chi connectivity index (χ2v) is 6.94. The van der Waals surface area contributed by atoms with Crippen LogP contribution < -0.4 is 5.63 Å². The van der Waals surface area contributed by atoms with Crippen molar-refractivity contribution in [3.05, 3.63) is 58.4 Å². The standard InChI is InChI=1S/C19H15NO5S/c21-16-10-26-11-20(16)8-18(23)24-9-13-7-17(22)25-15-6-5-12-3-1-2-4-14(12)19(13)15/h1-7H,8-11H2. The highest BCUT2D eigenvalue weighted by atomic mass is 32.2. The van der Waals surface area contributed by atoms with Crippen molar-refractivity contribution >= 4 is 45.4 Å². The lowest BCUT2D eigenvalue weighted by atomic mass is 10.0. The molecule has 1 saturated heterocycles. The Kier molecular flexibility index (Phi) is 4.38. The highest BCUT2D eigenvalue weighted by molar-refractivity contribution is 8.00. The second-order valence-electron chi connectivity index (χ2n) is 5.98. The van der Waals surface area contributed by atoms with Crippen molar-refractivity contribution in [3.63, 3.8) is 0 Å². The molecule has 1 aliphatic rings. The first-order chi connectivity index (χ1) is 12.6. The Balaban J connectivity index is 1.63. The number of nitrogens with zero attached hydrogens (tertiary/aromatic N) is 1. The van der Waals surface area contributed by atoms with Gasteiger partial charge in [-0.2, -0.15) is 0 Å². The summed E-state index contributed by atoms with van der Waals surface area (Å²) in [5, 5.41) is 2.68. The van der Waals surface area contributed by atoms with Crippen LogP contribution >= 0.6 is 11.8 Å². The Morgan fingerprint density at radius 1 is 1.19 bits per heavy atom. The molecule has 0 radical (unpaired) electrons. The summed E-state index contributed by atoms with van der Waals surface area (Å²) in [6.07, 6.45) is 0. The van der Waals surface area contributed by atoms with Crippen molar-refractivity contribution in [2.24, 2.45) is 0 Å². The van der Waals surface area contributed by atoms with Crippen molar-refractivity contribution in [2.45, 2.75) is 6.61 Å². The number of benzene rings is 2. The van der Waals surface area contributed by atoms with Gasteiger partial charge in [0.2, 0.25) is 5.91 Å². The molecule has 1 amide bonds. The van der Waals surface area contributed by atoms with Gasteiger partial charge in [0.1, 0.15) is 18.7 Å². The molecule has 0 N–H and O–H groups in total. The topological polar surface area (TPSA) is 76.8 Å². The minimum atomic E-state index is -0.498. The lowest BCUT2D eigenvalue weighted by Gasteiger charge is -2.14. The molecule has 2 aromatic carbocycles. The van der Waals surface area contributed by atoms with Crippen LogP contribution in [0.15, 0.2) is 51.7 Å². The number of rotatable bonds is 4. The number of carbonyl (C=O) groups is 2. The van der Waals surface area contributed by atoms with Crippen molar-refractivity contribution in [3.8, 4) is 0 Å². The van der Waals surface area contributed by atoms with E-state index in [9.17, 15) is 14.4 Å². The summed E-state index contributed by atoms with van der Waals surface area (Å²) in [7, 11) is 0. The molecule has 7 heteroatoms. The average Bonchev–Trinajstić information content (AvgIpc) is 3.03. The van der Waals surface area contributed by atoms with E-state index in [1.807, 2.05) is 30.3 Å². The molecule has 26 heavy (non-hydrogen) atoms. The number of esters is 1. The molecular formula is C19H15NO5S. The maximum absolute atomic E-state index is 12.1. The van der Waals surface area contributed by atoms with Crippen molar-refractivity contribution in [1.82, 2.24) is 4.90 Å². The number of thioether (sulfide) groups is 1. The molecule has 1 fully saturated rings. The van der Waals surface area contributed by atoms with E-state index in [1.54, 1.807) is 6.07 Å². The van der Waals surface area contributed by atoms with Crippen LogP contribution in [-0.2, 0) is 20.9 Å². The molecule has 1 aromatic heterocycles.